The molecule has 0 spiro atoms. The molecule has 0 aliphatic heterocycles. The van der Waals surface area contributed by atoms with E-state index in [1.54, 1.807) is 54.6 Å². The SMILES string of the molecule is O=C(/C(O)=C(\O)c1cccc(Br)c1)c1ccccc1. The van der Waals surface area contributed by atoms with Crippen LogP contribution in [0, 0.1) is 0 Å². The van der Waals surface area contributed by atoms with Gasteiger partial charge in [-0.25, -0.2) is 0 Å². The number of carbonyl (C=O) groups is 1. The molecule has 0 saturated carbocycles. The molecule has 19 heavy (non-hydrogen) atoms. The fourth-order valence-electron chi connectivity index (χ4n) is 1.61. The molecule has 0 bridgehead atoms. The lowest BCUT2D eigenvalue weighted by molar-refractivity contribution is 0.0975. The Balaban J connectivity index is 2.39. The summed E-state index contributed by atoms with van der Waals surface area (Å²) in [4.78, 5) is 12.0. The molecule has 2 aromatic carbocycles. The van der Waals surface area contributed by atoms with Crippen LogP contribution in [0.3, 0.4) is 0 Å². The van der Waals surface area contributed by atoms with Gasteiger partial charge in [-0.2, -0.15) is 0 Å². The molecular formula is C15H11BrO3. The number of benzene rings is 2. The van der Waals surface area contributed by atoms with E-state index in [1.165, 1.54) is 0 Å². The van der Waals surface area contributed by atoms with Crippen molar-refractivity contribution in [3.8, 4) is 0 Å². The van der Waals surface area contributed by atoms with Crippen molar-refractivity contribution in [2.75, 3.05) is 0 Å². The Morgan fingerprint density at radius 3 is 2.16 bits per heavy atom. The molecule has 4 heteroatoms. The molecule has 3 nitrogen and oxygen atoms in total. The van der Waals surface area contributed by atoms with E-state index < -0.39 is 17.3 Å². The maximum Gasteiger partial charge on any atom is 0.231 e. The number of halogens is 1. The Kier molecular flexibility index (Phi) is 4.02. The fourth-order valence-corrected chi connectivity index (χ4v) is 2.01. The summed E-state index contributed by atoms with van der Waals surface area (Å²) in [6.07, 6.45) is 0. The summed E-state index contributed by atoms with van der Waals surface area (Å²) in [6, 6.07) is 15.0. The highest BCUT2D eigenvalue weighted by Gasteiger charge is 2.17. The van der Waals surface area contributed by atoms with Crippen molar-refractivity contribution in [1.29, 1.82) is 0 Å². The second-order valence-corrected chi connectivity index (χ2v) is 4.82. The van der Waals surface area contributed by atoms with Crippen molar-refractivity contribution in [3.63, 3.8) is 0 Å². The highest BCUT2D eigenvalue weighted by molar-refractivity contribution is 9.10. The van der Waals surface area contributed by atoms with Gasteiger partial charge in [0.15, 0.2) is 5.76 Å². The van der Waals surface area contributed by atoms with Crippen LogP contribution in [0.25, 0.3) is 5.76 Å². The fraction of sp³-hybridized carbons (Fsp3) is 0. The third-order valence-electron chi connectivity index (χ3n) is 2.57. The third kappa shape index (κ3) is 3.03. The molecule has 0 radical (unpaired) electrons. The van der Waals surface area contributed by atoms with Crippen LogP contribution in [-0.2, 0) is 0 Å². The van der Waals surface area contributed by atoms with Crippen LogP contribution in [-0.4, -0.2) is 16.0 Å². The van der Waals surface area contributed by atoms with Gasteiger partial charge in [-0.1, -0.05) is 58.4 Å². The van der Waals surface area contributed by atoms with E-state index in [2.05, 4.69) is 15.9 Å². The van der Waals surface area contributed by atoms with E-state index in [4.69, 9.17) is 0 Å². The van der Waals surface area contributed by atoms with Gasteiger partial charge in [0.2, 0.25) is 11.5 Å². The highest BCUT2D eigenvalue weighted by atomic mass is 79.9. The molecule has 0 aliphatic rings. The van der Waals surface area contributed by atoms with Crippen molar-refractivity contribution in [2.45, 2.75) is 0 Å². The Labute approximate surface area is 119 Å². The standard InChI is InChI=1S/C15H11BrO3/c16-12-8-4-7-11(9-12)14(18)15(19)13(17)10-5-2-1-3-6-10/h1-9,18-19H/b15-14+. The topological polar surface area (TPSA) is 57.5 Å². The molecule has 0 saturated heterocycles. The van der Waals surface area contributed by atoms with E-state index in [-0.39, 0.29) is 0 Å². The van der Waals surface area contributed by atoms with Gasteiger partial charge in [0.25, 0.3) is 0 Å². The Morgan fingerprint density at radius 2 is 1.53 bits per heavy atom. The monoisotopic (exact) mass is 318 g/mol. The molecule has 0 atom stereocenters. The molecule has 96 valence electrons. The molecule has 2 rings (SSSR count). The average Bonchev–Trinajstić information content (AvgIpc) is 2.46. The average molecular weight is 319 g/mol. The molecule has 0 aliphatic carbocycles. The van der Waals surface area contributed by atoms with Crippen LogP contribution in [0.5, 0.6) is 0 Å². The third-order valence-corrected chi connectivity index (χ3v) is 3.07. The summed E-state index contributed by atoms with van der Waals surface area (Å²) in [5, 5.41) is 19.8. The van der Waals surface area contributed by atoms with Crippen LogP contribution < -0.4 is 0 Å². The van der Waals surface area contributed by atoms with Crippen LogP contribution in [0.2, 0.25) is 0 Å². The molecule has 0 amide bonds. The van der Waals surface area contributed by atoms with Gasteiger partial charge in [0.1, 0.15) is 0 Å². The summed E-state index contributed by atoms with van der Waals surface area (Å²) >= 11 is 3.26. The van der Waals surface area contributed by atoms with Crippen molar-refractivity contribution in [3.05, 3.63) is 76.0 Å². The van der Waals surface area contributed by atoms with Gasteiger partial charge < -0.3 is 10.2 Å². The zero-order valence-electron chi connectivity index (χ0n) is 9.88. The van der Waals surface area contributed by atoms with Crippen LogP contribution >= 0.6 is 15.9 Å². The van der Waals surface area contributed by atoms with Crippen molar-refractivity contribution < 1.29 is 15.0 Å². The number of allylic oxidation sites excluding steroid dienone is 1. The largest absolute Gasteiger partial charge is 0.504 e. The molecule has 0 heterocycles. The highest BCUT2D eigenvalue weighted by Crippen LogP contribution is 2.21. The molecule has 0 fully saturated rings. The lowest BCUT2D eigenvalue weighted by atomic mass is 10.1. The van der Waals surface area contributed by atoms with E-state index >= 15 is 0 Å². The first-order valence-electron chi connectivity index (χ1n) is 5.57. The minimum Gasteiger partial charge on any atom is -0.504 e. The molecule has 0 unspecified atom stereocenters. The van der Waals surface area contributed by atoms with Gasteiger partial charge >= 0.3 is 0 Å². The van der Waals surface area contributed by atoms with Gasteiger partial charge in [0, 0.05) is 15.6 Å². The number of Topliss-reactive ketones (excluding diaryl/α,β-unsaturated/α-hetero) is 1. The van der Waals surface area contributed by atoms with Crippen LogP contribution in [0.4, 0.5) is 0 Å². The van der Waals surface area contributed by atoms with Crippen molar-refractivity contribution in [1.82, 2.24) is 0 Å². The quantitative estimate of drug-likeness (QED) is 0.508. The van der Waals surface area contributed by atoms with Crippen molar-refractivity contribution >= 4 is 27.5 Å². The number of ketones is 1. The maximum absolute atomic E-state index is 12.0. The van der Waals surface area contributed by atoms with E-state index in [0.717, 1.165) is 4.47 Å². The first-order valence-corrected chi connectivity index (χ1v) is 6.37. The zero-order valence-corrected chi connectivity index (χ0v) is 11.5. The number of hydrogen-bond acceptors (Lipinski definition) is 3. The number of aliphatic hydroxyl groups excluding tert-OH is 2. The first-order chi connectivity index (χ1) is 9.09. The van der Waals surface area contributed by atoms with E-state index in [9.17, 15) is 15.0 Å². The minimum atomic E-state index is -0.663. The van der Waals surface area contributed by atoms with Crippen molar-refractivity contribution in [2.24, 2.45) is 0 Å². The summed E-state index contributed by atoms with van der Waals surface area (Å²) in [5.74, 6) is -1.71. The van der Waals surface area contributed by atoms with Gasteiger partial charge in [0.05, 0.1) is 0 Å². The first kappa shape index (κ1) is 13.4. The van der Waals surface area contributed by atoms with E-state index in [0.29, 0.717) is 11.1 Å². The predicted molar refractivity (Wildman–Crippen MR) is 77.1 cm³/mol. The molecule has 2 N–H and O–H groups in total. The Morgan fingerprint density at radius 1 is 0.895 bits per heavy atom. The zero-order chi connectivity index (χ0) is 13.8. The minimum absolute atomic E-state index is 0.321. The smallest absolute Gasteiger partial charge is 0.231 e. The molecular weight excluding hydrogens is 308 g/mol. The van der Waals surface area contributed by atoms with Crippen LogP contribution in [0.15, 0.2) is 64.8 Å². The van der Waals surface area contributed by atoms with Crippen LogP contribution in [0.1, 0.15) is 15.9 Å². The van der Waals surface area contributed by atoms with E-state index in [1.807, 2.05) is 0 Å². The maximum atomic E-state index is 12.0. The normalized spacial score (nSPS) is 11.8. The van der Waals surface area contributed by atoms with Gasteiger partial charge in [-0.15, -0.1) is 0 Å². The predicted octanol–water partition coefficient (Wildman–Crippen LogP) is 4.12. The molecule has 0 aromatic heterocycles. The summed E-state index contributed by atoms with van der Waals surface area (Å²) in [7, 11) is 0. The number of aliphatic hydroxyl groups is 2. The second kappa shape index (κ2) is 5.71. The van der Waals surface area contributed by atoms with Gasteiger partial charge in [-0.05, 0) is 12.1 Å². The second-order valence-electron chi connectivity index (χ2n) is 3.90. The summed E-state index contributed by atoms with van der Waals surface area (Å²) in [5.41, 5.74) is 0.692. The Bertz CT molecular complexity index is 633. The lowest BCUT2D eigenvalue weighted by Crippen LogP contribution is -2.05. The molecule has 2 aromatic rings. The Hall–Kier alpha value is -2.07. The lowest BCUT2D eigenvalue weighted by Gasteiger charge is -2.05. The summed E-state index contributed by atoms with van der Waals surface area (Å²) < 4.78 is 0.747. The number of rotatable bonds is 3. The number of carbonyl (C=O) groups excluding carboxylic acids is 1. The summed E-state index contributed by atoms with van der Waals surface area (Å²) in [6.45, 7) is 0. The van der Waals surface area contributed by atoms with Gasteiger partial charge in [-0.3, -0.25) is 4.79 Å². The number of hydrogen-bond donors (Lipinski definition) is 2.